The first-order valence-corrected chi connectivity index (χ1v) is 9.35. The number of sulfonamides is 1. The van der Waals surface area contributed by atoms with Gasteiger partial charge in [0.2, 0.25) is 10.0 Å². The SMILES string of the molecule is Cl.Cl.O=S(=O)(NCCN1CCNCC1)c1ccc(SC(F)(F)F)cc1. The highest BCUT2D eigenvalue weighted by atomic mass is 35.5. The van der Waals surface area contributed by atoms with Gasteiger partial charge in [0.25, 0.3) is 0 Å². The Morgan fingerprint density at radius 2 is 1.68 bits per heavy atom. The fraction of sp³-hybridized carbons (Fsp3) is 0.538. The average molecular weight is 442 g/mol. The molecule has 0 aromatic heterocycles. The van der Waals surface area contributed by atoms with Gasteiger partial charge in [0.1, 0.15) is 0 Å². The van der Waals surface area contributed by atoms with Crippen molar-refractivity contribution in [2.24, 2.45) is 0 Å². The van der Waals surface area contributed by atoms with Gasteiger partial charge in [0, 0.05) is 44.2 Å². The second kappa shape index (κ2) is 10.8. The Morgan fingerprint density at radius 3 is 2.20 bits per heavy atom. The zero-order valence-corrected chi connectivity index (χ0v) is 16.3. The summed E-state index contributed by atoms with van der Waals surface area (Å²) in [4.78, 5) is 2.06. The van der Waals surface area contributed by atoms with Crippen LogP contribution in [0.25, 0.3) is 0 Å². The maximum Gasteiger partial charge on any atom is 0.446 e. The van der Waals surface area contributed by atoms with Crippen LogP contribution in [0.2, 0.25) is 0 Å². The van der Waals surface area contributed by atoms with Crippen molar-refractivity contribution >= 4 is 46.6 Å². The lowest BCUT2D eigenvalue weighted by atomic mass is 10.3. The van der Waals surface area contributed by atoms with Gasteiger partial charge in [-0.05, 0) is 36.0 Å². The van der Waals surface area contributed by atoms with Crippen molar-refractivity contribution in [3.63, 3.8) is 0 Å². The molecule has 0 bridgehead atoms. The van der Waals surface area contributed by atoms with Gasteiger partial charge in [-0.3, -0.25) is 4.90 Å². The predicted octanol–water partition coefficient (Wildman–Crippen LogP) is 2.33. The quantitative estimate of drug-likeness (QED) is 0.663. The van der Waals surface area contributed by atoms with Gasteiger partial charge >= 0.3 is 5.51 Å². The molecule has 1 aromatic rings. The summed E-state index contributed by atoms with van der Waals surface area (Å²) in [5.41, 5.74) is -4.39. The molecule has 25 heavy (non-hydrogen) atoms. The number of hydrogen-bond acceptors (Lipinski definition) is 5. The molecule has 1 aliphatic rings. The van der Waals surface area contributed by atoms with Crippen molar-refractivity contribution in [3.8, 4) is 0 Å². The molecule has 0 radical (unpaired) electrons. The summed E-state index contributed by atoms with van der Waals surface area (Å²) in [5, 5.41) is 3.21. The number of nitrogens with one attached hydrogen (secondary N) is 2. The van der Waals surface area contributed by atoms with Gasteiger partial charge in [-0.15, -0.1) is 24.8 Å². The highest BCUT2D eigenvalue weighted by Crippen LogP contribution is 2.36. The molecule has 1 saturated heterocycles. The summed E-state index contributed by atoms with van der Waals surface area (Å²) in [7, 11) is -3.70. The Balaban J connectivity index is 0.00000288. The van der Waals surface area contributed by atoms with Crippen LogP contribution in [0, 0.1) is 0 Å². The molecule has 2 rings (SSSR count). The Labute approximate surface area is 162 Å². The van der Waals surface area contributed by atoms with Gasteiger partial charge in [-0.2, -0.15) is 13.2 Å². The predicted molar refractivity (Wildman–Crippen MR) is 97.3 cm³/mol. The molecular weight excluding hydrogens is 422 g/mol. The summed E-state index contributed by atoms with van der Waals surface area (Å²) in [6, 6.07) is 4.68. The normalized spacial score (nSPS) is 16.0. The van der Waals surface area contributed by atoms with E-state index in [0.29, 0.717) is 6.54 Å². The summed E-state index contributed by atoms with van der Waals surface area (Å²) in [6.07, 6.45) is 0. The van der Waals surface area contributed by atoms with E-state index in [1.807, 2.05) is 0 Å². The zero-order valence-electron chi connectivity index (χ0n) is 13.1. The second-order valence-corrected chi connectivity index (χ2v) is 7.91. The number of halogens is 5. The van der Waals surface area contributed by atoms with Crippen LogP contribution < -0.4 is 10.0 Å². The Morgan fingerprint density at radius 1 is 1.12 bits per heavy atom. The molecular formula is C13H20Cl2F3N3O2S2. The summed E-state index contributed by atoms with van der Waals surface area (Å²) >= 11 is -0.271. The number of benzene rings is 1. The first kappa shape index (κ1) is 24.8. The van der Waals surface area contributed by atoms with Crippen LogP contribution >= 0.6 is 36.6 Å². The van der Waals surface area contributed by atoms with Gasteiger partial charge in [0.15, 0.2) is 0 Å². The first-order chi connectivity index (χ1) is 10.8. The second-order valence-electron chi connectivity index (χ2n) is 5.01. The standard InChI is InChI=1S/C13H18F3N3O2S2.2ClH/c14-13(15,16)22-11-1-3-12(4-2-11)23(20,21)18-7-10-19-8-5-17-6-9-19;;/h1-4,17-18H,5-10H2;2*1H. The maximum absolute atomic E-state index is 12.2. The minimum Gasteiger partial charge on any atom is -0.314 e. The molecule has 0 unspecified atom stereocenters. The number of thioether (sulfide) groups is 1. The fourth-order valence-electron chi connectivity index (χ4n) is 2.18. The molecule has 12 heteroatoms. The van der Waals surface area contributed by atoms with E-state index >= 15 is 0 Å². The molecule has 1 heterocycles. The molecule has 0 atom stereocenters. The maximum atomic E-state index is 12.2. The third-order valence-corrected chi connectivity index (χ3v) is 5.51. The Kier molecular flexibility index (Phi) is 10.7. The van der Waals surface area contributed by atoms with Crippen LogP contribution in [0.3, 0.4) is 0 Å². The van der Waals surface area contributed by atoms with Crippen molar-refractivity contribution in [3.05, 3.63) is 24.3 Å². The van der Waals surface area contributed by atoms with E-state index < -0.39 is 15.5 Å². The van der Waals surface area contributed by atoms with Crippen LogP contribution in [-0.4, -0.2) is 58.1 Å². The lowest BCUT2D eigenvalue weighted by Gasteiger charge is -2.27. The van der Waals surface area contributed by atoms with Crippen LogP contribution in [0.4, 0.5) is 13.2 Å². The van der Waals surface area contributed by atoms with Crippen molar-refractivity contribution in [2.75, 3.05) is 39.3 Å². The summed E-state index contributed by atoms with van der Waals surface area (Å²) < 4.78 is 63.4. The Bertz CT molecular complexity index is 610. The van der Waals surface area contributed by atoms with Crippen LogP contribution in [0.1, 0.15) is 0 Å². The number of alkyl halides is 3. The molecule has 0 aliphatic carbocycles. The summed E-state index contributed by atoms with van der Waals surface area (Å²) in [5.74, 6) is 0. The van der Waals surface area contributed by atoms with E-state index in [-0.39, 0.29) is 52.9 Å². The minimum atomic E-state index is -4.39. The van der Waals surface area contributed by atoms with Crippen LogP contribution in [0.5, 0.6) is 0 Å². The number of hydrogen-bond donors (Lipinski definition) is 2. The highest BCUT2D eigenvalue weighted by molar-refractivity contribution is 8.00. The van der Waals surface area contributed by atoms with Crippen LogP contribution in [0.15, 0.2) is 34.1 Å². The van der Waals surface area contributed by atoms with E-state index in [4.69, 9.17) is 0 Å². The number of piperazine rings is 1. The molecule has 1 aliphatic heterocycles. The molecule has 2 N–H and O–H groups in total. The number of rotatable bonds is 6. The Hall–Kier alpha value is -0.230. The lowest BCUT2D eigenvalue weighted by Crippen LogP contribution is -2.46. The van der Waals surface area contributed by atoms with Gasteiger partial charge < -0.3 is 5.32 Å². The molecule has 5 nitrogen and oxygen atoms in total. The summed E-state index contributed by atoms with van der Waals surface area (Å²) in [6.45, 7) is 4.36. The number of nitrogens with zero attached hydrogens (tertiary/aromatic N) is 1. The monoisotopic (exact) mass is 441 g/mol. The zero-order chi connectivity index (χ0) is 16.9. The van der Waals surface area contributed by atoms with Gasteiger partial charge in [0.05, 0.1) is 4.90 Å². The molecule has 1 aromatic carbocycles. The molecule has 0 amide bonds. The smallest absolute Gasteiger partial charge is 0.314 e. The van der Waals surface area contributed by atoms with Crippen LogP contribution in [-0.2, 0) is 10.0 Å². The van der Waals surface area contributed by atoms with Gasteiger partial charge in [-0.25, -0.2) is 13.1 Å². The van der Waals surface area contributed by atoms with Crippen molar-refractivity contribution in [1.29, 1.82) is 0 Å². The fourth-order valence-corrected chi connectivity index (χ4v) is 3.74. The average Bonchev–Trinajstić information content (AvgIpc) is 2.47. The topological polar surface area (TPSA) is 61.4 Å². The van der Waals surface area contributed by atoms with Crippen molar-refractivity contribution in [1.82, 2.24) is 14.9 Å². The van der Waals surface area contributed by atoms with E-state index in [1.54, 1.807) is 0 Å². The van der Waals surface area contributed by atoms with E-state index in [0.717, 1.165) is 38.3 Å². The van der Waals surface area contributed by atoms with Gasteiger partial charge in [-0.1, -0.05) is 0 Å². The third kappa shape index (κ3) is 8.80. The third-order valence-electron chi connectivity index (χ3n) is 3.30. The van der Waals surface area contributed by atoms with E-state index in [2.05, 4.69) is 14.9 Å². The van der Waals surface area contributed by atoms with E-state index in [9.17, 15) is 21.6 Å². The lowest BCUT2D eigenvalue weighted by molar-refractivity contribution is -0.0328. The van der Waals surface area contributed by atoms with E-state index in [1.165, 1.54) is 12.1 Å². The van der Waals surface area contributed by atoms with Crippen molar-refractivity contribution < 1.29 is 21.6 Å². The molecule has 1 fully saturated rings. The molecule has 0 spiro atoms. The first-order valence-electron chi connectivity index (χ1n) is 7.05. The highest BCUT2D eigenvalue weighted by Gasteiger charge is 2.29. The minimum absolute atomic E-state index is 0. The van der Waals surface area contributed by atoms with Crippen molar-refractivity contribution in [2.45, 2.75) is 15.3 Å². The molecule has 0 saturated carbocycles. The largest absolute Gasteiger partial charge is 0.446 e. The molecule has 146 valence electrons.